The molecule has 4 rings (SSSR count). The fourth-order valence-corrected chi connectivity index (χ4v) is 6.51. The number of rotatable bonds is 5. The number of carbonyl (C=O) groups is 2. The average Bonchev–Trinajstić information content (AvgIpc) is 3.38. The Kier molecular flexibility index (Phi) is 6.37. The van der Waals surface area contributed by atoms with Gasteiger partial charge in [0.25, 0.3) is 0 Å². The highest BCUT2D eigenvalue weighted by molar-refractivity contribution is 7.89. The molecule has 0 aliphatic carbocycles. The van der Waals surface area contributed by atoms with Gasteiger partial charge in [-0.05, 0) is 62.8 Å². The minimum atomic E-state index is -3.71. The van der Waals surface area contributed by atoms with Crippen LogP contribution in [0.15, 0.2) is 23.1 Å². The van der Waals surface area contributed by atoms with E-state index in [1.807, 2.05) is 6.92 Å². The zero-order chi connectivity index (χ0) is 22.2. The Labute approximate surface area is 184 Å². The van der Waals surface area contributed by atoms with Crippen molar-refractivity contribution in [1.82, 2.24) is 9.62 Å². The van der Waals surface area contributed by atoms with Gasteiger partial charge in [-0.1, -0.05) is 0 Å². The first kappa shape index (κ1) is 22.2. The van der Waals surface area contributed by atoms with Gasteiger partial charge in [0.1, 0.15) is 0 Å². The summed E-state index contributed by atoms with van der Waals surface area (Å²) < 4.78 is 33.6. The Morgan fingerprint density at radius 2 is 2.03 bits per heavy atom. The van der Waals surface area contributed by atoms with Gasteiger partial charge in [0.2, 0.25) is 21.8 Å². The van der Waals surface area contributed by atoms with Crippen LogP contribution >= 0.6 is 0 Å². The van der Waals surface area contributed by atoms with E-state index in [4.69, 9.17) is 4.74 Å². The van der Waals surface area contributed by atoms with Crippen LogP contribution in [-0.2, 0) is 30.8 Å². The molecule has 1 N–H and O–H groups in total. The van der Waals surface area contributed by atoms with Crippen molar-refractivity contribution in [2.75, 3.05) is 31.1 Å². The summed E-state index contributed by atoms with van der Waals surface area (Å²) >= 11 is 0. The molecule has 1 aromatic rings. The molecule has 0 spiro atoms. The molecule has 3 heterocycles. The van der Waals surface area contributed by atoms with Gasteiger partial charge in [-0.2, -0.15) is 4.31 Å². The van der Waals surface area contributed by atoms with Crippen LogP contribution in [0.3, 0.4) is 0 Å². The van der Waals surface area contributed by atoms with E-state index in [0.29, 0.717) is 32.4 Å². The lowest BCUT2D eigenvalue weighted by atomic mass is 9.99. The lowest BCUT2D eigenvalue weighted by Crippen LogP contribution is -2.46. The van der Waals surface area contributed by atoms with Gasteiger partial charge in [-0.15, -0.1) is 0 Å². The highest BCUT2D eigenvalue weighted by Gasteiger charge is 2.35. The second-order valence-electron chi connectivity index (χ2n) is 8.82. The number of hydrogen-bond acceptors (Lipinski definition) is 5. The zero-order valence-electron chi connectivity index (χ0n) is 18.2. The van der Waals surface area contributed by atoms with E-state index in [1.54, 1.807) is 23.1 Å². The molecule has 0 bridgehead atoms. The summed E-state index contributed by atoms with van der Waals surface area (Å²) in [5.41, 5.74) is 1.65. The second-order valence-corrected chi connectivity index (χ2v) is 10.8. The number of piperidine rings is 1. The third-order valence-corrected chi connectivity index (χ3v) is 8.39. The lowest BCUT2D eigenvalue weighted by molar-refractivity contribution is -0.126. The largest absolute Gasteiger partial charge is 0.376 e. The molecule has 2 saturated heterocycles. The summed E-state index contributed by atoms with van der Waals surface area (Å²) in [5, 5.41) is 2.94. The Hall–Kier alpha value is -1.97. The first-order valence-corrected chi connectivity index (χ1v) is 12.5. The Morgan fingerprint density at radius 3 is 2.74 bits per heavy atom. The van der Waals surface area contributed by atoms with E-state index in [-0.39, 0.29) is 41.3 Å². The predicted octanol–water partition coefficient (Wildman–Crippen LogP) is 1.68. The van der Waals surface area contributed by atoms with E-state index in [2.05, 4.69) is 5.32 Å². The molecule has 8 nitrogen and oxygen atoms in total. The first-order valence-electron chi connectivity index (χ1n) is 11.1. The fourth-order valence-electron chi connectivity index (χ4n) is 4.94. The SMILES string of the molecule is CC(=O)N1c2ccc(S(=O)(=O)N3CCC[C@H](C(=O)NC[C@@H]4CCCO4)C3)cc2C[C@@H]1C. The topological polar surface area (TPSA) is 96.0 Å². The molecule has 3 aliphatic rings. The number of hydrogen-bond donors (Lipinski definition) is 1. The van der Waals surface area contributed by atoms with Crippen LogP contribution in [0, 0.1) is 5.92 Å². The number of fused-ring (bicyclic) bond motifs is 1. The monoisotopic (exact) mass is 449 g/mol. The van der Waals surface area contributed by atoms with Crippen molar-refractivity contribution in [3.8, 4) is 0 Å². The smallest absolute Gasteiger partial charge is 0.243 e. The van der Waals surface area contributed by atoms with Crippen LogP contribution in [0.2, 0.25) is 0 Å². The Morgan fingerprint density at radius 1 is 1.23 bits per heavy atom. The van der Waals surface area contributed by atoms with Crippen molar-refractivity contribution in [2.45, 2.75) is 63.0 Å². The van der Waals surface area contributed by atoms with E-state index in [9.17, 15) is 18.0 Å². The quantitative estimate of drug-likeness (QED) is 0.738. The summed E-state index contributed by atoms with van der Waals surface area (Å²) in [7, 11) is -3.71. The molecular weight excluding hydrogens is 418 g/mol. The summed E-state index contributed by atoms with van der Waals surface area (Å²) in [5.74, 6) is -0.502. The molecule has 0 aromatic heterocycles. The van der Waals surface area contributed by atoms with Crippen LogP contribution in [0.4, 0.5) is 5.69 Å². The molecule has 170 valence electrons. The fraction of sp³-hybridized carbons (Fsp3) is 0.636. The number of carbonyl (C=O) groups excluding carboxylic acids is 2. The number of nitrogens with zero attached hydrogens (tertiary/aromatic N) is 2. The first-order chi connectivity index (χ1) is 14.8. The summed E-state index contributed by atoms with van der Waals surface area (Å²) in [6.07, 6.45) is 3.99. The van der Waals surface area contributed by atoms with Crippen LogP contribution in [0.25, 0.3) is 0 Å². The highest BCUT2D eigenvalue weighted by atomic mass is 32.2. The van der Waals surface area contributed by atoms with Crippen LogP contribution in [0.5, 0.6) is 0 Å². The molecule has 9 heteroatoms. The molecule has 31 heavy (non-hydrogen) atoms. The van der Waals surface area contributed by atoms with Crippen LogP contribution < -0.4 is 10.2 Å². The molecule has 1 aromatic carbocycles. The Bertz CT molecular complexity index is 958. The van der Waals surface area contributed by atoms with Gasteiger partial charge in [-0.3, -0.25) is 9.59 Å². The van der Waals surface area contributed by atoms with Gasteiger partial charge in [0.05, 0.1) is 16.9 Å². The number of anilines is 1. The number of sulfonamides is 1. The van der Waals surface area contributed by atoms with E-state index in [0.717, 1.165) is 30.7 Å². The highest BCUT2D eigenvalue weighted by Crippen LogP contribution is 2.35. The maximum Gasteiger partial charge on any atom is 0.243 e. The summed E-state index contributed by atoms with van der Waals surface area (Å²) in [4.78, 5) is 26.5. The maximum absolute atomic E-state index is 13.3. The normalized spacial score (nSPS) is 26.6. The summed E-state index contributed by atoms with van der Waals surface area (Å²) in [6, 6.07) is 4.99. The van der Waals surface area contributed by atoms with E-state index >= 15 is 0 Å². The van der Waals surface area contributed by atoms with Crippen molar-refractivity contribution < 1.29 is 22.7 Å². The summed E-state index contributed by atoms with van der Waals surface area (Å²) in [6.45, 7) is 5.29. The van der Waals surface area contributed by atoms with Crippen LogP contribution in [0.1, 0.15) is 45.1 Å². The molecule has 2 fully saturated rings. The third kappa shape index (κ3) is 4.49. The van der Waals surface area contributed by atoms with Crippen molar-refractivity contribution in [1.29, 1.82) is 0 Å². The third-order valence-electron chi connectivity index (χ3n) is 6.53. The van der Waals surface area contributed by atoms with Crippen molar-refractivity contribution in [3.63, 3.8) is 0 Å². The molecule has 0 radical (unpaired) electrons. The molecular formula is C22H31N3O5S. The van der Waals surface area contributed by atoms with Crippen LogP contribution in [-0.4, -0.2) is 62.9 Å². The molecule has 0 unspecified atom stereocenters. The Balaban J connectivity index is 1.45. The molecule has 0 saturated carbocycles. The average molecular weight is 450 g/mol. The minimum absolute atomic E-state index is 0.0114. The predicted molar refractivity (Wildman–Crippen MR) is 116 cm³/mol. The number of amides is 2. The number of ether oxygens (including phenoxy) is 1. The standard InChI is InChI=1S/C22H31N3O5S/c1-15-11-18-12-20(7-8-21(18)25(15)16(2)26)31(28,29)24-9-3-5-17(14-24)22(27)23-13-19-6-4-10-30-19/h7-8,12,15,17,19H,3-6,9-11,13-14H2,1-2H3,(H,23,27)/t15-,17-,19-/m0/s1. The van der Waals surface area contributed by atoms with E-state index in [1.165, 1.54) is 11.2 Å². The second kappa shape index (κ2) is 8.88. The number of nitrogens with one attached hydrogen (secondary N) is 1. The van der Waals surface area contributed by atoms with Crippen molar-refractivity contribution in [3.05, 3.63) is 23.8 Å². The molecule has 2 amide bonds. The number of benzene rings is 1. The molecule has 3 atom stereocenters. The maximum atomic E-state index is 13.3. The lowest BCUT2D eigenvalue weighted by Gasteiger charge is -2.31. The van der Waals surface area contributed by atoms with Crippen molar-refractivity contribution in [2.24, 2.45) is 5.92 Å². The van der Waals surface area contributed by atoms with Gasteiger partial charge < -0.3 is 15.0 Å². The van der Waals surface area contributed by atoms with Gasteiger partial charge in [0, 0.05) is 44.9 Å². The van der Waals surface area contributed by atoms with Crippen molar-refractivity contribution >= 4 is 27.5 Å². The molecule has 3 aliphatic heterocycles. The zero-order valence-corrected chi connectivity index (χ0v) is 19.0. The van der Waals surface area contributed by atoms with E-state index < -0.39 is 10.0 Å². The van der Waals surface area contributed by atoms with Gasteiger partial charge in [-0.25, -0.2) is 8.42 Å². The van der Waals surface area contributed by atoms with Gasteiger partial charge in [0.15, 0.2) is 0 Å². The van der Waals surface area contributed by atoms with Gasteiger partial charge >= 0.3 is 0 Å². The minimum Gasteiger partial charge on any atom is -0.376 e.